The van der Waals surface area contributed by atoms with Crippen LogP contribution in [-0.2, 0) is 4.79 Å². The molecule has 2 aromatic carbocycles. The van der Waals surface area contributed by atoms with Crippen LogP contribution in [0.15, 0.2) is 48.5 Å². The van der Waals surface area contributed by atoms with Gasteiger partial charge in [0.2, 0.25) is 5.91 Å². The summed E-state index contributed by atoms with van der Waals surface area (Å²) in [6.45, 7) is 12.7. The maximum atomic E-state index is 12.2. The molecule has 0 saturated carbocycles. The summed E-state index contributed by atoms with van der Waals surface area (Å²) >= 11 is 0. The lowest BCUT2D eigenvalue weighted by atomic mass is 10.2. The number of hydrogen-bond acceptors (Lipinski definition) is 4. The fraction of sp³-hybridized carbons (Fsp3) is 0.409. The van der Waals surface area contributed by atoms with Crippen molar-refractivity contribution in [3.63, 3.8) is 0 Å². The summed E-state index contributed by atoms with van der Waals surface area (Å²) in [5.41, 5.74) is 4.13. The molecule has 146 valence electrons. The molecule has 0 saturated heterocycles. The average Bonchev–Trinajstić information content (AvgIpc) is 2.70. The number of nitrogens with one attached hydrogen (secondary N) is 2. The van der Waals surface area contributed by atoms with Gasteiger partial charge in [0, 0.05) is 48.9 Å². The summed E-state index contributed by atoms with van der Waals surface area (Å²) in [5, 5.41) is 6.11. The van der Waals surface area contributed by atoms with Gasteiger partial charge in [0.25, 0.3) is 0 Å². The highest BCUT2D eigenvalue weighted by Gasteiger charge is 2.06. The molecular weight excluding hydrogens is 336 g/mol. The van der Waals surface area contributed by atoms with Gasteiger partial charge in [0.05, 0.1) is 6.54 Å². The van der Waals surface area contributed by atoms with E-state index >= 15 is 0 Å². The van der Waals surface area contributed by atoms with Gasteiger partial charge in [-0.05, 0) is 76.2 Å². The third kappa shape index (κ3) is 5.91. The summed E-state index contributed by atoms with van der Waals surface area (Å²) in [5.74, 6) is -0.0570. The molecule has 0 heterocycles. The molecule has 0 unspecified atom stereocenters. The molecule has 0 aliphatic carbocycles. The van der Waals surface area contributed by atoms with E-state index in [1.54, 1.807) is 0 Å². The summed E-state index contributed by atoms with van der Waals surface area (Å²) in [6, 6.07) is 16.2. The van der Waals surface area contributed by atoms with Crippen molar-refractivity contribution in [3.05, 3.63) is 48.5 Å². The van der Waals surface area contributed by atoms with E-state index < -0.39 is 0 Å². The van der Waals surface area contributed by atoms with Crippen LogP contribution < -0.4 is 20.4 Å². The molecule has 0 aliphatic heterocycles. The van der Waals surface area contributed by atoms with Crippen molar-refractivity contribution in [3.8, 4) is 0 Å². The summed E-state index contributed by atoms with van der Waals surface area (Å²) in [6.07, 6.45) is 0. The van der Waals surface area contributed by atoms with Crippen LogP contribution in [0.5, 0.6) is 0 Å². The van der Waals surface area contributed by atoms with E-state index in [4.69, 9.17) is 0 Å². The first-order valence-electron chi connectivity index (χ1n) is 9.84. The summed E-state index contributed by atoms with van der Waals surface area (Å²) in [4.78, 5) is 16.8. The Morgan fingerprint density at radius 3 is 1.52 bits per heavy atom. The van der Waals surface area contributed by atoms with E-state index in [2.05, 4.69) is 60.3 Å². The summed E-state index contributed by atoms with van der Waals surface area (Å²) < 4.78 is 0. The fourth-order valence-electron chi connectivity index (χ4n) is 3.11. The van der Waals surface area contributed by atoms with Crippen LogP contribution in [0, 0.1) is 0 Å². The first-order chi connectivity index (χ1) is 13.1. The van der Waals surface area contributed by atoms with Crippen molar-refractivity contribution in [2.45, 2.75) is 27.7 Å². The monoisotopic (exact) mass is 368 g/mol. The van der Waals surface area contributed by atoms with E-state index in [0.29, 0.717) is 0 Å². The highest BCUT2D eigenvalue weighted by atomic mass is 16.1. The highest BCUT2D eigenvalue weighted by Crippen LogP contribution is 2.19. The second kappa shape index (κ2) is 10.5. The van der Waals surface area contributed by atoms with Crippen molar-refractivity contribution in [1.29, 1.82) is 0 Å². The van der Waals surface area contributed by atoms with Crippen molar-refractivity contribution in [1.82, 2.24) is 0 Å². The number of amides is 1. The largest absolute Gasteiger partial charge is 0.376 e. The molecule has 2 N–H and O–H groups in total. The Balaban J connectivity index is 1.85. The topological polar surface area (TPSA) is 47.6 Å². The van der Waals surface area contributed by atoms with Crippen LogP contribution in [0.4, 0.5) is 22.7 Å². The predicted octanol–water partition coefficient (Wildman–Crippen LogP) is 4.43. The molecule has 0 bridgehead atoms. The zero-order chi connectivity index (χ0) is 19.6. The van der Waals surface area contributed by atoms with Gasteiger partial charge in [-0.25, -0.2) is 0 Å². The number of hydrogen-bond donors (Lipinski definition) is 2. The number of anilines is 4. The van der Waals surface area contributed by atoms with Gasteiger partial charge >= 0.3 is 0 Å². The quantitative estimate of drug-likeness (QED) is 0.651. The van der Waals surface area contributed by atoms with Crippen LogP contribution in [0.25, 0.3) is 0 Å². The maximum absolute atomic E-state index is 12.2. The first-order valence-corrected chi connectivity index (χ1v) is 9.84. The minimum atomic E-state index is -0.0570. The van der Waals surface area contributed by atoms with E-state index in [1.165, 1.54) is 11.4 Å². The molecule has 27 heavy (non-hydrogen) atoms. The van der Waals surface area contributed by atoms with Gasteiger partial charge in [-0.3, -0.25) is 4.79 Å². The molecule has 0 aromatic heterocycles. The molecular formula is C22H32N4O. The SMILES string of the molecule is CCN(CC)c1ccc(NCC(=O)Nc2ccc(N(CC)CC)cc2)cc1. The Bertz CT molecular complexity index is 689. The molecule has 2 aromatic rings. The fourth-order valence-corrected chi connectivity index (χ4v) is 3.11. The number of nitrogens with zero attached hydrogens (tertiary/aromatic N) is 2. The average molecular weight is 369 g/mol. The molecule has 0 aliphatic rings. The minimum Gasteiger partial charge on any atom is -0.376 e. The molecule has 0 spiro atoms. The Kier molecular flexibility index (Phi) is 7.99. The minimum absolute atomic E-state index is 0.0570. The van der Waals surface area contributed by atoms with Gasteiger partial charge in [-0.2, -0.15) is 0 Å². The van der Waals surface area contributed by atoms with Gasteiger partial charge in [0.1, 0.15) is 0 Å². The molecule has 0 fully saturated rings. The van der Waals surface area contributed by atoms with Crippen LogP contribution >= 0.6 is 0 Å². The van der Waals surface area contributed by atoms with Gasteiger partial charge in [-0.15, -0.1) is 0 Å². The Morgan fingerprint density at radius 1 is 0.704 bits per heavy atom. The Labute approximate surface area is 163 Å². The zero-order valence-electron chi connectivity index (χ0n) is 17.0. The lowest BCUT2D eigenvalue weighted by Gasteiger charge is -2.21. The maximum Gasteiger partial charge on any atom is 0.243 e. The normalized spacial score (nSPS) is 10.4. The van der Waals surface area contributed by atoms with E-state index in [9.17, 15) is 4.79 Å². The Morgan fingerprint density at radius 2 is 1.11 bits per heavy atom. The van der Waals surface area contributed by atoms with Gasteiger partial charge in [-0.1, -0.05) is 0 Å². The number of benzene rings is 2. The third-order valence-electron chi connectivity index (χ3n) is 4.73. The van der Waals surface area contributed by atoms with Crippen LogP contribution in [-0.4, -0.2) is 38.6 Å². The van der Waals surface area contributed by atoms with Crippen molar-refractivity contribution < 1.29 is 4.79 Å². The zero-order valence-corrected chi connectivity index (χ0v) is 17.0. The number of carbonyl (C=O) groups is 1. The van der Waals surface area contributed by atoms with Crippen molar-refractivity contribution in [2.24, 2.45) is 0 Å². The summed E-state index contributed by atoms with van der Waals surface area (Å²) in [7, 11) is 0. The van der Waals surface area contributed by atoms with Gasteiger partial charge in [0.15, 0.2) is 0 Å². The number of carbonyl (C=O) groups excluding carboxylic acids is 1. The highest BCUT2D eigenvalue weighted by molar-refractivity contribution is 5.93. The molecule has 5 nitrogen and oxygen atoms in total. The molecule has 1 amide bonds. The van der Waals surface area contributed by atoms with E-state index in [1.807, 2.05) is 36.4 Å². The molecule has 5 heteroatoms. The lowest BCUT2D eigenvalue weighted by Crippen LogP contribution is -2.23. The first kappa shape index (κ1) is 20.6. The smallest absolute Gasteiger partial charge is 0.243 e. The molecule has 2 rings (SSSR count). The molecule has 0 atom stereocenters. The van der Waals surface area contributed by atoms with E-state index in [-0.39, 0.29) is 12.5 Å². The van der Waals surface area contributed by atoms with E-state index in [0.717, 1.165) is 37.6 Å². The van der Waals surface area contributed by atoms with Crippen LogP contribution in [0.1, 0.15) is 27.7 Å². The third-order valence-corrected chi connectivity index (χ3v) is 4.73. The van der Waals surface area contributed by atoms with Crippen molar-refractivity contribution in [2.75, 3.05) is 53.2 Å². The van der Waals surface area contributed by atoms with Crippen LogP contribution in [0.3, 0.4) is 0 Å². The second-order valence-corrected chi connectivity index (χ2v) is 6.34. The Hall–Kier alpha value is -2.69. The standard InChI is InChI=1S/C22H32N4O/c1-5-25(6-2)20-13-9-18(10-14-20)23-17-22(27)24-19-11-15-21(16-12-19)26(7-3)8-4/h9-16,23H,5-8,17H2,1-4H3,(H,24,27). The van der Waals surface area contributed by atoms with Gasteiger partial charge < -0.3 is 20.4 Å². The lowest BCUT2D eigenvalue weighted by molar-refractivity contribution is -0.114. The number of rotatable bonds is 10. The molecule has 0 radical (unpaired) electrons. The van der Waals surface area contributed by atoms with Crippen LogP contribution in [0.2, 0.25) is 0 Å². The second-order valence-electron chi connectivity index (χ2n) is 6.34. The predicted molar refractivity (Wildman–Crippen MR) is 117 cm³/mol. The van der Waals surface area contributed by atoms with Crippen molar-refractivity contribution >= 4 is 28.7 Å².